The van der Waals surface area contributed by atoms with Crippen LogP contribution in [0, 0.1) is 0 Å². The van der Waals surface area contributed by atoms with Gasteiger partial charge < -0.3 is 5.32 Å². The summed E-state index contributed by atoms with van der Waals surface area (Å²) in [5.74, 6) is -0.411. The number of carbonyl (C=O) groups is 1. The number of hydrogen-bond acceptors (Lipinski definition) is 4. The van der Waals surface area contributed by atoms with E-state index in [-0.39, 0.29) is 11.3 Å². The van der Waals surface area contributed by atoms with Crippen molar-refractivity contribution < 1.29 is 13.2 Å². The van der Waals surface area contributed by atoms with Crippen molar-refractivity contribution in [3.63, 3.8) is 0 Å². The molecule has 0 aliphatic heterocycles. The summed E-state index contributed by atoms with van der Waals surface area (Å²) in [6.45, 7) is 0. The van der Waals surface area contributed by atoms with E-state index in [1.54, 1.807) is 36.0 Å². The molecular formula is C22H22N2O3S2. The first-order valence-corrected chi connectivity index (χ1v) is 11.7. The Balaban J connectivity index is 1.85. The standard InChI is InChI=1S/C22H22N2O3S2/c1-28-19-12-8-11-18(16-19)23-22(25)21(15-17-9-4-2-5-10-17)24-29(26,27)20-13-6-3-7-14-20/h2-14,16,21,24H,15H2,1H3,(H,23,25)/t21-/m1/s1. The predicted molar refractivity (Wildman–Crippen MR) is 118 cm³/mol. The van der Waals surface area contributed by atoms with Gasteiger partial charge in [0.2, 0.25) is 15.9 Å². The molecule has 3 aromatic rings. The van der Waals surface area contributed by atoms with Crippen molar-refractivity contribution in [3.8, 4) is 0 Å². The van der Waals surface area contributed by atoms with Gasteiger partial charge in [0, 0.05) is 10.6 Å². The highest BCUT2D eigenvalue weighted by atomic mass is 32.2. The molecule has 3 aromatic carbocycles. The summed E-state index contributed by atoms with van der Waals surface area (Å²) in [5, 5.41) is 2.83. The number of carbonyl (C=O) groups excluding carboxylic acids is 1. The van der Waals surface area contributed by atoms with Gasteiger partial charge in [0.05, 0.1) is 4.90 Å². The van der Waals surface area contributed by atoms with Crippen LogP contribution >= 0.6 is 11.8 Å². The van der Waals surface area contributed by atoms with Crippen molar-refractivity contribution in [3.05, 3.63) is 90.5 Å². The van der Waals surface area contributed by atoms with Crippen molar-refractivity contribution >= 4 is 33.4 Å². The fourth-order valence-corrected chi connectivity index (χ4v) is 4.50. The fraction of sp³-hybridized carbons (Fsp3) is 0.136. The first kappa shape index (κ1) is 21.1. The number of anilines is 1. The number of sulfonamides is 1. The summed E-state index contributed by atoms with van der Waals surface area (Å²) in [5.41, 5.74) is 1.49. The molecular weight excluding hydrogens is 404 g/mol. The number of rotatable bonds is 8. The van der Waals surface area contributed by atoms with Crippen LogP contribution in [0.15, 0.2) is 94.7 Å². The van der Waals surface area contributed by atoms with Crippen molar-refractivity contribution in [1.82, 2.24) is 4.72 Å². The van der Waals surface area contributed by atoms with E-state index in [0.717, 1.165) is 10.5 Å². The zero-order chi connectivity index (χ0) is 20.7. The van der Waals surface area contributed by atoms with Gasteiger partial charge in [-0.25, -0.2) is 8.42 Å². The molecule has 0 radical (unpaired) electrons. The lowest BCUT2D eigenvalue weighted by molar-refractivity contribution is -0.117. The van der Waals surface area contributed by atoms with Gasteiger partial charge in [0.1, 0.15) is 6.04 Å². The topological polar surface area (TPSA) is 75.3 Å². The fourth-order valence-electron chi connectivity index (χ4n) is 2.82. The molecule has 5 nitrogen and oxygen atoms in total. The third-order valence-electron chi connectivity index (χ3n) is 4.29. The molecule has 0 saturated heterocycles. The number of nitrogens with one attached hydrogen (secondary N) is 2. The Bertz CT molecular complexity index is 1060. The maximum atomic E-state index is 13.0. The smallest absolute Gasteiger partial charge is 0.242 e. The summed E-state index contributed by atoms with van der Waals surface area (Å²) >= 11 is 1.57. The minimum Gasteiger partial charge on any atom is -0.325 e. The molecule has 7 heteroatoms. The molecule has 150 valence electrons. The quantitative estimate of drug-likeness (QED) is 0.535. The van der Waals surface area contributed by atoms with E-state index in [1.165, 1.54) is 12.1 Å². The molecule has 0 saturated carbocycles. The van der Waals surface area contributed by atoms with Crippen LogP contribution in [-0.2, 0) is 21.2 Å². The Morgan fingerprint density at radius 1 is 0.931 bits per heavy atom. The summed E-state index contributed by atoms with van der Waals surface area (Å²) in [6, 6.07) is 23.8. The summed E-state index contributed by atoms with van der Waals surface area (Å²) in [6.07, 6.45) is 2.19. The number of thioether (sulfide) groups is 1. The van der Waals surface area contributed by atoms with Gasteiger partial charge in [0.15, 0.2) is 0 Å². The number of hydrogen-bond donors (Lipinski definition) is 2. The average molecular weight is 427 g/mol. The van der Waals surface area contributed by atoms with E-state index >= 15 is 0 Å². The van der Waals surface area contributed by atoms with Crippen molar-refractivity contribution in [2.45, 2.75) is 22.3 Å². The van der Waals surface area contributed by atoms with E-state index in [9.17, 15) is 13.2 Å². The Labute approximate surface area is 175 Å². The molecule has 0 aromatic heterocycles. The van der Waals surface area contributed by atoms with Crippen LogP contribution in [0.25, 0.3) is 0 Å². The molecule has 1 amide bonds. The van der Waals surface area contributed by atoms with Gasteiger partial charge in [-0.1, -0.05) is 54.6 Å². The number of benzene rings is 3. The van der Waals surface area contributed by atoms with Crippen molar-refractivity contribution in [2.24, 2.45) is 0 Å². The monoisotopic (exact) mass is 426 g/mol. The van der Waals surface area contributed by atoms with Gasteiger partial charge >= 0.3 is 0 Å². The van der Waals surface area contributed by atoms with Crippen LogP contribution in [-0.4, -0.2) is 26.6 Å². The summed E-state index contributed by atoms with van der Waals surface area (Å²) < 4.78 is 28.2. The third-order valence-corrected chi connectivity index (χ3v) is 6.50. The largest absolute Gasteiger partial charge is 0.325 e. The molecule has 1 atom stereocenters. The molecule has 0 unspecified atom stereocenters. The van der Waals surface area contributed by atoms with Gasteiger partial charge in [-0.15, -0.1) is 11.8 Å². The molecule has 2 N–H and O–H groups in total. The van der Waals surface area contributed by atoms with Crippen molar-refractivity contribution in [2.75, 3.05) is 11.6 Å². The van der Waals surface area contributed by atoms with Crippen LogP contribution in [0.2, 0.25) is 0 Å². The zero-order valence-electron chi connectivity index (χ0n) is 15.9. The average Bonchev–Trinajstić information content (AvgIpc) is 2.74. The van der Waals surface area contributed by atoms with Gasteiger partial charge in [-0.3, -0.25) is 4.79 Å². The SMILES string of the molecule is CSc1cccc(NC(=O)[C@@H](Cc2ccccc2)NS(=O)(=O)c2ccccc2)c1. The van der Waals surface area contributed by atoms with Gasteiger partial charge in [0.25, 0.3) is 0 Å². The van der Waals surface area contributed by atoms with E-state index in [2.05, 4.69) is 10.0 Å². The number of amides is 1. The van der Waals surface area contributed by atoms with Gasteiger partial charge in [-0.2, -0.15) is 4.72 Å². The lowest BCUT2D eigenvalue weighted by Crippen LogP contribution is -2.45. The van der Waals surface area contributed by atoms with Crippen LogP contribution < -0.4 is 10.0 Å². The maximum Gasteiger partial charge on any atom is 0.242 e. The molecule has 0 fully saturated rings. The highest BCUT2D eigenvalue weighted by molar-refractivity contribution is 7.98. The maximum absolute atomic E-state index is 13.0. The highest BCUT2D eigenvalue weighted by Crippen LogP contribution is 2.19. The molecule has 0 aliphatic rings. The van der Waals surface area contributed by atoms with Crippen LogP contribution in [0.1, 0.15) is 5.56 Å². The van der Waals surface area contributed by atoms with E-state index < -0.39 is 22.0 Å². The minimum atomic E-state index is -3.84. The Kier molecular flexibility index (Phi) is 7.09. The summed E-state index contributed by atoms with van der Waals surface area (Å²) in [7, 11) is -3.84. The van der Waals surface area contributed by atoms with Gasteiger partial charge in [-0.05, 0) is 48.6 Å². The van der Waals surface area contributed by atoms with Crippen molar-refractivity contribution in [1.29, 1.82) is 0 Å². The van der Waals surface area contributed by atoms with Crippen LogP contribution in [0.5, 0.6) is 0 Å². The molecule has 0 spiro atoms. The second kappa shape index (κ2) is 9.73. The Morgan fingerprint density at radius 3 is 2.24 bits per heavy atom. The second-order valence-corrected chi connectivity index (χ2v) is 8.99. The highest BCUT2D eigenvalue weighted by Gasteiger charge is 2.26. The van der Waals surface area contributed by atoms with Crippen LogP contribution in [0.3, 0.4) is 0 Å². The first-order valence-electron chi connectivity index (χ1n) is 9.04. The minimum absolute atomic E-state index is 0.121. The van der Waals surface area contributed by atoms with E-state index in [4.69, 9.17) is 0 Å². The Morgan fingerprint density at radius 2 is 1.59 bits per heavy atom. The first-order chi connectivity index (χ1) is 14.0. The van der Waals surface area contributed by atoms with E-state index in [1.807, 2.05) is 54.8 Å². The lowest BCUT2D eigenvalue weighted by Gasteiger charge is -2.19. The molecule has 3 rings (SSSR count). The third kappa shape index (κ3) is 5.93. The molecule has 0 aliphatic carbocycles. The molecule has 29 heavy (non-hydrogen) atoms. The second-order valence-electron chi connectivity index (χ2n) is 6.40. The zero-order valence-corrected chi connectivity index (χ0v) is 17.5. The molecule has 0 heterocycles. The normalized spacial score (nSPS) is 12.3. The molecule has 0 bridgehead atoms. The lowest BCUT2D eigenvalue weighted by atomic mass is 10.1. The van der Waals surface area contributed by atoms with E-state index in [0.29, 0.717) is 5.69 Å². The Hall–Kier alpha value is -2.61. The predicted octanol–water partition coefficient (Wildman–Crippen LogP) is 3.94. The summed E-state index contributed by atoms with van der Waals surface area (Å²) in [4.78, 5) is 14.1. The van der Waals surface area contributed by atoms with Crippen LogP contribution in [0.4, 0.5) is 5.69 Å².